The maximum atomic E-state index is 5.91. The average Bonchev–Trinajstić information content (AvgIpc) is 3.01. The van der Waals surface area contributed by atoms with Gasteiger partial charge in [0.2, 0.25) is 0 Å². The molecule has 2 N–H and O–H groups in total. The minimum Gasteiger partial charge on any atom is -0.399 e. The summed E-state index contributed by atoms with van der Waals surface area (Å²) in [4.78, 5) is 4.85. The first-order chi connectivity index (χ1) is 9.74. The van der Waals surface area contributed by atoms with Gasteiger partial charge in [-0.1, -0.05) is 13.3 Å². The Morgan fingerprint density at radius 3 is 3.00 bits per heavy atom. The quantitative estimate of drug-likeness (QED) is 0.864. The van der Waals surface area contributed by atoms with Crippen LogP contribution in [-0.4, -0.2) is 21.1 Å². The number of rotatable bonds is 4. The van der Waals surface area contributed by atoms with Gasteiger partial charge in [-0.15, -0.1) is 0 Å². The zero-order valence-electron chi connectivity index (χ0n) is 12.3. The summed E-state index contributed by atoms with van der Waals surface area (Å²) in [5.74, 6) is 1.24. The highest BCUT2D eigenvalue weighted by Gasteiger charge is 2.30. The number of hydrogen-bond acceptors (Lipinski definition) is 3. The van der Waals surface area contributed by atoms with Crippen LogP contribution >= 0.6 is 11.8 Å². The zero-order valence-corrected chi connectivity index (χ0v) is 13.1. The van der Waals surface area contributed by atoms with Crippen molar-refractivity contribution < 1.29 is 0 Å². The molecule has 0 saturated heterocycles. The van der Waals surface area contributed by atoms with Crippen molar-refractivity contribution in [1.29, 1.82) is 0 Å². The molecule has 1 fully saturated rings. The molecule has 0 radical (unpaired) electrons. The standard InChI is InChI=1S/C16H23N3S/c1-3-5-16-18-12-10-11(17)8-9-13(12)19(16)14-6-4-7-15(14)20-2/h8-10,14-15H,3-7,17H2,1-2H3. The summed E-state index contributed by atoms with van der Waals surface area (Å²) >= 11 is 2.00. The van der Waals surface area contributed by atoms with Crippen molar-refractivity contribution in [2.24, 2.45) is 0 Å². The van der Waals surface area contributed by atoms with E-state index in [4.69, 9.17) is 10.7 Å². The molecule has 1 aromatic heterocycles. The molecule has 1 aliphatic carbocycles. The number of benzene rings is 1. The van der Waals surface area contributed by atoms with Crippen LogP contribution in [0.5, 0.6) is 0 Å². The summed E-state index contributed by atoms with van der Waals surface area (Å²) in [5, 5.41) is 0.723. The van der Waals surface area contributed by atoms with Crippen LogP contribution in [-0.2, 0) is 6.42 Å². The Labute approximate surface area is 124 Å². The molecule has 1 saturated carbocycles. The van der Waals surface area contributed by atoms with E-state index in [-0.39, 0.29) is 0 Å². The van der Waals surface area contributed by atoms with Crippen molar-refractivity contribution in [2.75, 3.05) is 12.0 Å². The summed E-state index contributed by atoms with van der Waals surface area (Å²) in [5.41, 5.74) is 9.03. The first-order valence-corrected chi connectivity index (χ1v) is 8.82. The van der Waals surface area contributed by atoms with E-state index in [1.165, 1.54) is 30.6 Å². The van der Waals surface area contributed by atoms with E-state index in [0.29, 0.717) is 6.04 Å². The predicted molar refractivity (Wildman–Crippen MR) is 88.3 cm³/mol. The Hall–Kier alpha value is -1.16. The number of nitrogens with two attached hydrogens (primary N) is 1. The maximum absolute atomic E-state index is 5.91. The van der Waals surface area contributed by atoms with Gasteiger partial charge in [0.1, 0.15) is 5.82 Å². The fraction of sp³-hybridized carbons (Fsp3) is 0.562. The third kappa shape index (κ3) is 2.30. The van der Waals surface area contributed by atoms with Crippen LogP contribution in [0.4, 0.5) is 5.69 Å². The van der Waals surface area contributed by atoms with Crippen molar-refractivity contribution in [3.8, 4) is 0 Å². The monoisotopic (exact) mass is 289 g/mol. The van der Waals surface area contributed by atoms with Gasteiger partial charge in [0.15, 0.2) is 0 Å². The molecule has 3 rings (SSSR count). The number of imidazole rings is 1. The van der Waals surface area contributed by atoms with Gasteiger partial charge in [0.05, 0.1) is 11.0 Å². The summed E-state index contributed by atoms with van der Waals surface area (Å²) in [6.45, 7) is 2.22. The van der Waals surface area contributed by atoms with Gasteiger partial charge in [-0.2, -0.15) is 11.8 Å². The third-order valence-corrected chi connectivity index (χ3v) is 5.47. The number of fused-ring (bicyclic) bond motifs is 1. The predicted octanol–water partition coefficient (Wildman–Crippen LogP) is 4.03. The molecule has 2 atom stereocenters. The normalized spacial score (nSPS) is 22.7. The molecule has 2 aromatic rings. The minimum atomic E-state index is 0.597. The molecule has 20 heavy (non-hydrogen) atoms. The Kier molecular flexibility index (Phi) is 3.92. The lowest BCUT2D eigenvalue weighted by atomic mass is 10.2. The van der Waals surface area contributed by atoms with E-state index in [2.05, 4.69) is 23.8 Å². The zero-order chi connectivity index (χ0) is 14.1. The lowest BCUT2D eigenvalue weighted by molar-refractivity contribution is 0.517. The number of aromatic nitrogens is 2. The average molecular weight is 289 g/mol. The van der Waals surface area contributed by atoms with Gasteiger partial charge in [-0.3, -0.25) is 0 Å². The van der Waals surface area contributed by atoms with Crippen molar-refractivity contribution in [2.45, 2.75) is 50.3 Å². The van der Waals surface area contributed by atoms with Crippen LogP contribution in [0, 0.1) is 0 Å². The van der Waals surface area contributed by atoms with E-state index in [9.17, 15) is 0 Å². The fourth-order valence-electron chi connectivity index (χ4n) is 3.41. The van der Waals surface area contributed by atoms with Crippen molar-refractivity contribution in [1.82, 2.24) is 9.55 Å². The molecular weight excluding hydrogens is 266 g/mol. The van der Waals surface area contributed by atoms with Crippen molar-refractivity contribution in [3.63, 3.8) is 0 Å². The summed E-state index contributed by atoms with van der Waals surface area (Å²) in [6, 6.07) is 6.75. The Morgan fingerprint density at radius 1 is 1.40 bits per heavy atom. The van der Waals surface area contributed by atoms with Crippen LogP contribution in [0.1, 0.15) is 44.5 Å². The largest absolute Gasteiger partial charge is 0.399 e. The van der Waals surface area contributed by atoms with Gasteiger partial charge < -0.3 is 10.3 Å². The van der Waals surface area contributed by atoms with Gasteiger partial charge in [-0.25, -0.2) is 4.98 Å². The molecule has 0 aliphatic heterocycles. The molecule has 108 valence electrons. The fourth-order valence-corrected chi connectivity index (χ4v) is 4.39. The molecule has 1 aromatic carbocycles. The number of aryl methyl sites for hydroxylation is 1. The van der Waals surface area contributed by atoms with Crippen LogP contribution < -0.4 is 5.73 Å². The number of anilines is 1. The van der Waals surface area contributed by atoms with Crippen molar-refractivity contribution >= 4 is 28.5 Å². The minimum absolute atomic E-state index is 0.597. The topological polar surface area (TPSA) is 43.8 Å². The molecule has 2 unspecified atom stereocenters. The maximum Gasteiger partial charge on any atom is 0.110 e. The third-order valence-electron chi connectivity index (χ3n) is 4.31. The highest BCUT2D eigenvalue weighted by atomic mass is 32.2. The number of hydrogen-bond donors (Lipinski definition) is 1. The molecule has 0 bridgehead atoms. The first kappa shape index (κ1) is 13.8. The SMILES string of the molecule is CCCc1nc2cc(N)ccc2n1C1CCCC1SC. The van der Waals surface area contributed by atoms with E-state index < -0.39 is 0 Å². The van der Waals surface area contributed by atoms with Gasteiger partial charge in [-0.05, 0) is 43.7 Å². The van der Waals surface area contributed by atoms with Crippen LogP contribution in [0.2, 0.25) is 0 Å². The van der Waals surface area contributed by atoms with Crippen molar-refractivity contribution in [3.05, 3.63) is 24.0 Å². The van der Waals surface area contributed by atoms with Crippen LogP contribution in [0.15, 0.2) is 18.2 Å². The highest BCUT2D eigenvalue weighted by Crippen LogP contribution is 2.40. The Bertz CT molecular complexity index is 605. The second-order valence-corrected chi connectivity index (χ2v) is 6.75. The number of thioether (sulfide) groups is 1. The highest BCUT2D eigenvalue weighted by molar-refractivity contribution is 7.99. The molecule has 3 nitrogen and oxygen atoms in total. The number of nitrogens with zero attached hydrogens (tertiary/aromatic N) is 2. The molecular formula is C16H23N3S. The smallest absolute Gasteiger partial charge is 0.110 e. The Balaban J connectivity index is 2.13. The van der Waals surface area contributed by atoms with E-state index in [1.54, 1.807) is 0 Å². The second kappa shape index (κ2) is 5.68. The molecule has 0 amide bonds. The Morgan fingerprint density at radius 2 is 2.25 bits per heavy atom. The molecule has 1 aliphatic rings. The van der Waals surface area contributed by atoms with Gasteiger partial charge in [0.25, 0.3) is 0 Å². The summed E-state index contributed by atoms with van der Waals surface area (Å²) in [6.07, 6.45) is 8.35. The second-order valence-electron chi connectivity index (χ2n) is 5.67. The molecule has 4 heteroatoms. The number of nitrogen functional groups attached to an aromatic ring is 1. The molecule has 0 spiro atoms. The summed E-state index contributed by atoms with van der Waals surface area (Å²) < 4.78 is 2.51. The lowest BCUT2D eigenvalue weighted by Crippen LogP contribution is -2.18. The van der Waals surface area contributed by atoms with E-state index in [1.807, 2.05) is 23.9 Å². The lowest BCUT2D eigenvalue weighted by Gasteiger charge is -2.22. The van der Waals surface area contributed by atoms with Gasteiger partial charge in [0, 0.05) is 23.4 Å². The first-order valence-electron chi connectivity index (χ1n) is 7.53. The van der Waals surface area contributed by atoms with E-state index in [0.717, 1.165) is 29.3 Å². The van der Waals surface area contributed by atoms with E-state index >= 15 is 0 Å². The van der Waals surface area contributed by atoms with Crippen LogP contribution in [0.3, 0.4) is 0 Å². The summed E-state index contributed by atoms with van der Waals surface area (Å²) in [7, 11) is 0. The van der Waals surface area contributed by atoms with Crippen LogP contribution in [0.25, 0.3) is 11.0 Å². The van der Waals surface area contributed by atoms with Gasteiger partial charge >= 0.3 is 0 Å². The molecule has 1 heterocycles.